The molecule has 0 unspecified atom stereocenters. The predicted molar refractivity (Wildman–Crippen MR) is 107 cm³/mol. The highest BCUT2D eigenvalue weighted by molar-refractivity contribution is 5.86. The Hall–Kier alpha value is -3.07. The quantitative estimate of drug-likeness (QED) is 0.523. The summed E-state index contributed by atoms with van der Waals surface area (Å²) in [5.74, 6) is 0.790. The van der Waals surface area contributed by atoms with Crippen molar-refractivity contribution in [1.82, 2.24) is 4.57 Å². The van der Waals surface area contributed by atoms with E-state index >= 15 is 0 Å². The van der Waals surface area contributed by atoms with Gasteiger partial charge >= 0.3 is 0 Å². The summed E-state index contributed by atoms with van der Waals surface area (Å²) in [6, 6.07) is 22.1. The van der Waals surface area contributed by atoms with Crippen molar-refractivity contribution in [3.05, 3.63) is 88.8 Å². The summed E-state index contributed by atoms with van der Waals surface area (Å²) in [5, 5.41) is 3.99. The third-order valence-corrected chi connectivity index (χ3v) is 4.54. The Kier molecular flexibility index (Phi) is 4.21. The first kappa shape index (κ1) is 16.4. The average Bonchev–Trinajstić information content (AvgIpc) is 2.64. The SMILES string of the molecule is CC(C)Oc1ccc2c(=O)n(Cc3cccc4ccccc34)ccc2c1. The van der Waals surface area contributed by atoms with E-state index in [-0.39, 0.29) is 11.7 Å². The molecule has 0 atom stereocenters. The number of fused-ring (bicyclic) bond motifs is 2. The van der Waals surface area contributed by atoms with Crippen LogP contribution >= 0.6 is 0 Å². The van der Waals surface area contributed by atoms with Crippen molar-refractivity contribution in [1.29, 1.82) is 0 Å². The van der Waals surface area contributed by atoms with Gasteiger partial charge in [0.1, 0.15) is 5.75 Å². The Labute approximate surface area is 152 Å². The number of pyridine rings is 1. The third-order valence-electron chi connectivity index (χ3n) is 4.54. The molecule has 0 spiro atoms. The topological polar surface area (TPSA) is 31.2 Å². The smallest absolute Gasteiger partial charge is 0.258 e. The van der Waals surface area contributed by atoms with E-state index in [1.807, 2.05) is 62.5 Å². The molecule has 0 fully saturated rings. The van der Waals surface area contributed by atoms with Gasteiger partial charge in [0, 0.05) is 11.6 Å². The Morgan fingerprint density at radius 3 is 2.54 bits per heavy atom. The standard InChI is InChI=1S/C23H21NO2/c1-16(2)26-20-10-11-22-18(14-20)12-13-24(23(22)25)15-19-8-5-7-17-6-3-4-9-21(17)19/h3-14,16H,15H2,1-2H3. The molecular weight excluding hydrogens is 322 g/mol. The molecule has 4 rings (SSSR count). The van der Waals surface area contributed by atoms with Crippen LogP contribution in [0.1, 0.15) is 19.4 Å². The summed E-state index contributed by atoms with van der Waals surface area (Å²) in [5.41, 5.74) is 1.16. The van der Waals surface area contributed by atoms with E-state index in [0.717, 1.165) is 16.7 Å². The maximum Gasteiger partial charge on any atom is 0.258 e. The largest absolute Gasteiger partial charge is 0.491 e. The van der Waals surface area contributed by atoms with Crippen molar-refractivity contribution in [2.75, 3.05) is 0 Å². The lowest BCUT2D eigenvalue weighted by molar-refractivity contribution is 0.243. The lowest BCUT2D eigenvalue weighted by Crippen LogP contribution is -2.20. The van der Waals surface area contributed by atoms with E-state index in [1.54, 1.807) is 4.57 Å². The monoisotopic (exact) mass is 343 g/mol. The number of hydrogen-bond acceptors (Lipinski definition) is 2. The first-order valence-corrected chi connectivity index (χ1v) is 8.88. The van der Waals surface area contributed by atoms with Gasteiger partial charge in [-0.15, -0.1) is 0 Å². The molecule has 0 radical (unpaired) electrons. The molecule has 0 aliphatic rings. The molecule has 130 valence electrons. The highest BCUT2D eigenvalue weighted by atomic mass is 16.5. The maximum absolute atomic E-state index is 12.9. The first-order valence-electron chi connectivity index (χ1n) is 8.88. The van der Waals surface area contributed by atoms with E-state index in [9.17, 15) is 4.79 Å². The van der Waals surface area contributed by atoms with Crippen LogP contribution in [0.5, 0.6) is 5.75 Å². The molecule has 0 amide bonds. The minimum Gasteiger partial charge on any atom is -0.491 e. The molecule has 3 heteroatoms. The van der Waals surface area contributed by atoms with Crippen LogP contribution < -0.4 is 10.3 Å². The van der Waals surface area contributed by atoms with Gasteiger partial charge in [-0.2, -0.15) is 0 Å². The Bertz CT molecular complexity index is 1140. The molecule has 0 saturated carbocycles. The molecule has 0 N–H and O–H groups in total. The number of nitrogens with zero attached hydrogens (tertiary/aromatic N) is 1. The van der Waals surface area contributed by atoms with Gasteiger partial charge in [0.15, 0.2) is 0 Å². The molecule has 0 bridgehead atoms. The Balaban J connectivity index is 1.75. The van der Waals surface area contributed by atoms with Crippen molar-refractivity contribution in [3.63, 3.8) is 0 Å². The zero-order valence-corrected chi connectivity index (χ0v) is 15.0. The fourth-order valence-corrected chi connectivity index (χ4v) is 3.35. The van der Waals surface area contributed by atoms with Crippen LogP contribution in [0.4, 0.5) is 0 Å². The molecule has 1 heterocycles. The lowest BCUT2D eigenvalue weighted by Gasteiger charge is -2.12. The molecule has 0 aliphatic heterocycles. The van der Waals surface area contributed by atoms with Gasteiger partial charge in [-0.05, 0) is 59.8 Å². The molecule has 4 aromatic rings. The molecule has 26 heavy (non-hydrogen) atoms. The van der Waals surface area contributed by atoms with Gasteiger partial charge in [-0.25, -0.2) is 0 Å². The highest BCUT2D eigenvalue weighted by Gasteiger charge is 2.07. The van der Waals surface area contributed by atoms with Crippen LogP contribution in [0, 0.1) is 0 Å². The molecule has 0 aliphatic carbocycles. The van der Waals surface area contributed by atoms with Crippen molar-refractivity contribution < 1.29 is 4.74 Å². The average molecular weight is 343 g/mol. The minimum atomic E-state index is 0.0199. The summed E-state index contributed by atoms with van der Waals surface area (Å²) >= 11 is 0. The summed E-state index contributed by atoms with van der Waals surface area (Å²) in [4.78, 5) is 12.9. The molecule has 3 aromatic carbocycles. The van der Waals surface area contributed by atoms with E-state index in [2.05, 4.69) is 24.3 Å². The second-order valence-electron chi connectivity index (χ2n) is 6.80. The van der Waals surface area contributed by atoms with Gasteiger partial charge in [-0.1, -0.05) is 42.5 Å². The number of benzene rings is 3. The summed E-state index contributed by atoms with van der Waals surface area (Å²) in [7, 11) is 0. The number of hydrogen-bond donors (Lipinski definition) is 0. The van der Waals surface area contributed by atoms with Gasteiger partial charge < -0.3 is 9.30 Å². The number of rotatable bonds is 4. The maximum atomic E-state index is 12.9. The second kappa shape index (κ2) is 6.68. The van der Waals surface area contributed by atoms with Crippen molar-refractivity contribution in [3.8, 4) is 5.75 Å². The number of aromatic nitrogens is 1. The first-order chi connectivity index (χ1) is 12.6. The normalized spacial score (nSPS) is 11.3. The van der Waals surface area contributed by atoms with E-state index in [1.165, 1.54) is 10.8 Å². The third kappa shape index (κ3) is 3.08. The van der Waals surface area contributed by atoms with Gasteiger partial charge in [0.25, 0.3) is 5.56 Å². The van der Waals surface area contributed by atoms with Crippen LogP contribution in [-0.2, 0) is 6.54 Å². The van der Waals surface area contributed by atoms with Crippen molar-refractivity contribution >= 4 is 21.5 Å². The second-order valence-corrected chi connectivity index (χ2v) is 6.80. The summed E-state index contributed by atoms with van der Waals surface area (Å²) in [6.07, 6.45) is 1.98. The van der Waals surface area contributed by atoms with Crippen LogP contribution in [0.3, 0.4) is 0 Å². The van der Waals surface area contributed by atoms with E-state index in [4.69, 9.17) is 4.74 Å². The molecule has 1 aromatic heterocycles. The molecular formula is C23H21NO2. The van der Waals surface area contributed by atoms with E-state index in [0.29, 0.717) is 11.9 Å². The zero-order valence-electron chi connectivity index (χ0n) is 15.0. The summed E-state index contributed by atoms with van der Waals surface area (Å²) < 4.78 is 7.50. The van der Waals surface area contributed by atoms with Gasteiger partial charge in [0.05, 0.1) is 12.6 Å². The van der Waals surface area contributed by atoms with Crippen molar-refractivity contribution in [2.45, 2.75) is 26.5 Å². The van der Waals surface area contributed by atoms with Crippen LogP contribution in [-0.4, -0.2) is 10.7 Å². The van der Waals surface area contributed by atoms with E-state index < -0.39 is 0 Å². The predicted octanol–water partition coefficient (Wildman–Crippen LogP) is 4.99. The fourth-order valence-electron chi connectivity index (χ4n) is 3.35. The van der Waals surface area contributed by atoms with Crippen LogP contribution in [0.25, 0.3) is 21.5 Å². The van der Waals surface area contributed by atoms with Crippen LogP contribution in [0.2, 0.25) is 0 Å². The van der Waals surface area contributed by atoms with Crippen molar-refractivity contribution in [2.24, 2.45) is 0 Å². The van der Waals surface area contributed by atoms with Crippen LogP contribution in [0.15, 0.2) is 77.7 Å². The Morgan fingerprint density at radius 1 is 0.885 bits per heavy atom. The minimum absolute atomic E-state index is 0.0199. The zero-order chi connectivity index (χ0) is 18.1. The highest BCUT2D eigenvalue weighted by Crippen LogP contribution is 2.21. The summed E-state index contributed by atoms with van der Waals surface area (Å²) in [6.45, 7) is 4.54. The van der Waals surface area contributed by atoms with Gasteiger partial charge in [-0.3, -0.25) is 4.79 Å². The van der Waals surface area contributed by atoms with Gasteiger partial charge in [0.2, 0.25) is 0 Å². The fraction of sp³-hybridized carbons (Fsp3) is 0.174. The molecule has 0 saturated heterocycles. The molecule has 3 nitrogen and oxygen atoms in total. The Morgan fingerprint density at radius 2 is 1.69 bits per heavy atom. The lowest BCUT2D eigenvalue weighted by atomic mass is 10.0. The number of ether oxygens (including phenoxy) is 1.